The first-order valence-corrected chi connectivity index (χ1v) is 9.10. The van der Waals surface area contributed by atoms with Gasteiger partial charge in [0.05, 0.1) is 28.0 Å². The van der Waals surface area contributed by atoms with Gasteiger partial charge in [0, 0.05) is 25.0 Å². The van der Waals surface area contributed by atoms with Crippen LogP contribution in [0.2, 0.25) is 5.02 Å². The van der Waals surface area contributed by atoms with E-state index in [1.165, 1.54) is 24.5 Å². The predicted molar refractivity (Wildman–Crippen MR) is 98.3 cm³/mol. The number of hydrogen-bond acceptors (Lipinski definition) is 3. The Kier molecular flexibility index (Phi) is 5.89. The molecule has 1 aromatic heterocycles. The summed E-state index contributed by atoms with van der Waals surface area (Å²) in [4.78, 5) is 18.5. The Hall–Kier alpha value is -2.28. The van der Waals surface area contributed by atoms with Crippen LogP contribution in [0.3, 0.4) is 0 Å². The predicted octanol–water partition coefficient (Wildman–Crippen LogP) is 5.51. The summed E-state index contributed by atoms with van der Waals surface area (Å²) in [6, 6.07) is 5.17. The number of carbonyl (C=O) groups excluding carboxylic acids is 1. The summed E-state index contributed by atoms with van der Waals surface area (Å²) in [6.45, 7) is 1.42. The minimum atomic E-state index is -4.54. The van der Waals surface area contributed by atoms with E-state index in [1.54, 1.807) is 11.0 Å². The molecule has 4 nitrogen and oxygen atoms in total. The van der Waals surface area contributed by atoms with Crippen LogP contribution in [0.5, 0.6) is 0 Å². The van der Waals surface area contributed by atoms with Crippen molar-refractivity contribution in [3.05, 3.63) is 52.8 Å². The minimum absolute atomic E-state index is 0.111. The zero-order valence-electron chi connectivity index (χ0n) is 14.5. The number of rotatable bonds is 3. The SMILES string of the molecule is O=C(c1cncc(Nc2ccc(Cl)c(C(F)(F)F)c2)c1)N1CCCCCC1. The maximum absolute atomic E-state index is 13.0. The molecule has 0 unspecified atom stereocenters. The lowest BCUT2D eigenvalue weighted by Gasteiger charge is -2.20. The highest BCUT2D eigenvalue weighted by Gasteiger charge is 2.33. The van der Waals surface area contributed by atoms with Gasteiger partial charge in [0.15, 0.2) is 0 Å². The van der Waals surface area contributed by atoms with Crippen LogP contribution in [0, 0.1) is 0 Å². The van der Waals surface area contributed by atoms with Crippen molar-refractivity contribution >= 4 is 28.9 Å². The average molecular weight is 398 g/mol. The maximum atomic E-state index is 13.0. The van der Waals surface area contributed by atoms with Crippen LogP contribution in [-0.2, 0) is 6.18 Å². The molecule has 0 spiro atoms. The number of benzene rings is 1. The maximum Gasteiger partial charge on any atom is 0.417 e. The first-order chi connectivity index (χ1) is 12.8. The van der Waals surface area contributed by atoms with Gasteiger partial charge in [-0.2, -0.15) is 13.2 Å². The van der Waals surface area contributed by atoms with E-state index in [4.69, 9.17) is 11.6 Å². The molecule has 1 N–H and O–H groups in total. The molecule has 0 saturated carbocycles. The number of hydrogen-bond donors (Lipinski definition) is 1. The van der Waals surface area contributed by atoms with Crippen LogP contribution in [0.15, 0.2) is 36.7 Å². The zero-order valence-corrected chi connectivity index (χ0v) is 15.3. The molecule has 2 aromatic rings. The highest BCUT2D eigenvalue weighted by molar-refractivity contribution is 6.31. The first-order valence-electron chi connectivity index (χ1n) is 8.73. The Morgan fingerprint density at radius 1 is 1.04 bits per heavy atom. The van der Waals surface area contributed by atoms with E-state index >= 15 is 0 Å². The summed E-state index contributed by atoms with van der Waals surface area (Å²) >= 11 is 5.64. The van der Waals surface area contributed by atoms with Gasteiger partial charge in [-0.15, -0.1) is 0 Å². The smallest absolute Gasteiger partial charge is 0.354 e. The number of anilines is 2. The number of amides is 1. The Morgan fingerprint density at radius 2 is 1.74 bits per heavy atom. The molecule has 1 aliphatic heterocycles. The van der Waals surface area contributed by atoms with Crippen LogP contribution in [0.4, 0.5) is 24.5 Å². The fourth-order valence-corrected chi connectivity index (χ4v) is 3.29. The normalized spacial score (nSPS) is 15.3. The molecular weight excluding hydrogens is 379 g/mol. The third-order valence-corrected chi connectivity index (χ3v) is 4.77. The Bertz CT molecular complexity index is 818. The number of alkyl halides is 3. The molecule has 2 heterocycles. The lowest BCUT2D eigenvalue weighted by Crippen LogP contribution is -2.31. The average Bonchev–Trinajstić information content (AvgIpc) is 2.91. The van der Waals surface area contributed by atoms with Crippen molar-refractivity contribution < 1.29 is 18.0 Å². The summed E-state index contributed by atoms with van der Waals surface area (Å²) in [5, 5.41) is 2.50. The minimum Gasteiger partial charge on any atom is -0.354 e. The fraction of sp³-hybridized carbons (Fsp3) is 0.368. The highest BCUT2D eigenvalue weighted by Crippen LogP contribution is 2.36. The molecule has 144 valence electrons. The molecule has 0 aliphatic carbocycles. The van der Waals surface area contributed by atoms with Gasteiger partial charge in [-0.1, -0.05) is 24.4 Å². The van der Waals surface area contributed by atoms with E-state index in [0.29, 0.717) is 24.3 Å². The van der Waals surface area contributed by atoms with E-state index in [1.807, 2.05) is 0 Å². The monoisotopic (exact) mass is 397 g/mol. The van der Waals surface area contributed by atoms with Crippen LogP contribution in [0.1, 0.15) is 41.6 Å². The quantitative estimate of drug-likeness (QED) is 0.742. The molecule has 0 radical (unpaired) electrons. The van der Waals surface area contributed by atoms with Crippen LogP contribution in [0.25, 0.3) is 0 Å². The van der Waals surface area contributed by atoms with Crippen molar-refractivity contribution in [3.8, 4) is 0 Å². The zero-order chi connectivity index (χ0) is 19.4. The molecule has 0 bridgehead atoms. The fourth-order valence-electron chi connectivity index (χ4n) is 3.07. The Balaban J connectivity index is 1.79. The van der Waals surface area contributed by atoms with Crippen molar-refractivity contribution in [3.63, 3.8) is 0 Å². The van der Waals surface area contributed by atoms with Crippen molar-refractivity contribution in [2.24, 2.45) is 0 Å². The number of aromatic nitrogens is 1. The Labute approximate surface area is 160 Å². The lowest BCUT2D eigenvalue weighted by atomic mass is 10.1. The first kappa shape index (κ1) is 19.5. The van der Waals surface area contributed by atoms with Crippen molar-refractivity contribution in [2.75, 3.05) is 18.4 Å². The summed E-state index contributed by atoms with van der Waals surface area (Å²) in [5.41, 5.74) is 0.143. The van der Waals surface area contributed by atoms with Crippen LogP contribution < -0.4 is 5.32 Å². The second-order valence-corrected chi connectivity index (χ2v) is 6.89. The van der Waals surface area contributed by atoms with E-state index in [9.17, 15) is 18.0 Å². The van der Waals surface area contributed by atoms with E-state index in [0.717, 1.165) is 31.7 Å². The summed E-state index contributed by atoms with van der Waals surface area (Å²) in [6.07, 6.45) is 2.56. The van der Waals surface area contributed by atoms with Gasteiger partial charge < -0.3 is 10.2 Å². The van der Waals surface area contributed by atoms with Crippen molar-refractivity contribution in [1.29, 1.82) is 0 Å². The molecule has 1 aliphatic rings. The van der Waals surface area contributed by atoms with E-state index in [-0.39, 0.29) is 16.6 Å². The molecule has 1 aromatic carbocycles. The molecule has 3 rings (SSSR count). The molecule has 27 heavy (non-hydrogen) atoms. The molecule has 0 atom stereocenters. The standard InChI is InChI=1S/C19H19ClF3N3O/c20-17-6-5-14(10-16(17)19(21,22)23)25-15-9-13(11-24-12-15)18(27)26-7-3-1-2-4-8-26/h5-6,9-12,25H,1-4,7-8H2. The third kappa shape index (κ3) is 4.91. The van der Waals surface area contributed by atoms with Gasteiger partial charge in [0.1, 0.15) is 0 Å². The molecule has 1 saturated heterocycles. The topological polar surface area (TPSA) is 45.2 Å². The number of carbonyl (C=O) groups is 1. The van der Waals surface area contributed by atoms with Gasteiger partial charge in [-0.05, 0) is 37.1 Å². The summed E-state index contributed by atoms with van der Waals surface area (Å²) in [5.74, 6) is -0.111. The van der Waals surface area contributed by atoms with Gasteiger partial charge >= 0.3 is 6.18 Å². The van der Waals surface area contributed by atoms with Gasteiger partial charge in [-0.3, -0.25) is 9.78 Å². The molecule has 8 heteroatoms. The molecule has 1 amide bonds. The number of pyridine rings is 1. The van der Waals surface area contributed by atoms with Gasteiger partial charge in [0.25, 0.3) is 5.91 Å². The largest absolute Gasteiger partial charge is 0.417 e. The van der Waals surface area contributed by atoms with Gasteiger partial charge in [0.2, 0.25) is 0 Å². The number of nitrogens with zero attached hydrogens (tertiary/aromatic N) is 2. The van der Waals surface area contributed by atoms with Crippen LogP contribution in [-0.4, -0.2) is 28.9 Å². The lowest BCUT2D eigenvalue weighted by molar-refractivity contribution is -0.137. The molecule has 1 fully saturated rings. The number of halogens is 4. The molecular formula is C19H19ClF3N3O. The van der Waals surface area contributed by atoms with Gasteiger partial charge in [-0.25, -0.2) is 0 Å². The van der Waals surface area contributed by atoms with E-state index < -0.39 is 11.7 Å². The second-order valence-electron chi connectivity index (χ2n) is 6.49. The number of likely N-dealkylation sites (tertiary alicyclic amines) is 1. The van der Waals surface area contributed by atoms with Crippen LogP contribution >= 0.6 is 11.6 Å². The Morgan fingerprint density at radius 3 is 2.41 bits per heavy atom. The highest BCUT2D eigenvalue weighted by atomic mass is 35.5. The second kappa shape index (κ2) is 8.17. The number of nitrogens with one attached hydrogen (secondary N) is 1. The summed E-state index contributed by atoms with van der Waals surface area (Å²) < 4.78 is 39.0. The van der Waals surface area contributed by atoms with Crippen molar-refractivity contribution in [2.45, 2.75) is 31.9 Å². The van der Waals surface area contributed by atoms with Crippen molar-refractivity contribution in [1.82, 2.24) is 9.88 Å². The summed E-state index contributed by atoms with van der Waals surface area (Å²) in [7, 11) is 0. The third-order valence-electron chi connectivity index (χ3n) is 4.44. The van der Waals surface area contributed by atoms with E-state index in [2.05, 4.69) is 10.3 Å².